The van der Waals surface area contributed by atoms with E-state index in [9.17, 15) is 22.0 Å². The molecule has 0 radical (unpaired) electrons. The molecule has 1 heterocycles. The maximum Gasteiger partial charge on any atom is 0.319 e. The van der Waals surface area contributed by atoms with E-state index in [-0.39, 0.29) is 18.0 Å². The topological polar surface area (TPSA) is 91.4 Å². The number of hydrogen-bond donors (Lipinski definition) is 2. The molecular weight excluding hydrogens is 498 g/mol. The summed E-state index contributed by atoms with van der Waals surface area (Å²) in [6, 6.07) is 20.0. The van der Waals surface area contributed by atoms with E-state index in [0.29, 0.717) is 23.4 Å². The zero-order valence-corrected chi connectivity index (χ0v) is 20.5. The van der Waals surface area contributed by atoms with Gasteiger partial charge in [0.05, 0.1) is 4.90 Å². The van der Waals surface area contributed by atoms with Gasteiger partial charge >= 0.3 is 6.03 Å². The molecule has 2 amide bonds. The number of carbonyl (C=O) groups excluding carboxylic acids is 1. The van der Waals surface area contributed by atoms with Gasteiger partial charge in [-0.25, -0.2) is 22.0 Å². The van der Waals surface area contributed by atoms with Crippen LogP contribution in [0, 0.1) is 11.6 Å². The first-order valence-corrected chi connectivity index (χ1v) is 12.8. The molecule has 190 valence electrons. The maximum atomic E-state index is 13.5. The molecule has 0 atom stereocenters. The van der Waals surface area contributed by atoms with Crippen LogP contribution in [0.25, 0.3) is 0 Å². The van der Waals surface area contributed by atoms with Crippen molar-refractivity contribution in [1.29, 1.82) is 0 Å². The van der Waals surface area contributed by atoms with Crippen LogP contribution in [0.3, 0.4) is 0 Å². The van der Waals surface area contributed by atoms with E-state index in [4.69, 9.17) is 0 Å². The molecular formula is C27H24F2N4O3S. The van der Waals surface area contributed by atoms with Crippen LogP contribution in [-0.2, 0) is 29.7 Å². The smallest absolute Gasteiger partial charge is 0.319 e. The maximum absolute atomic E-state index is 13.5. The van der Waals surface area contributed by atoms with Crippen molar-refractivity contribution in [2.45, 2.75) is 24.5 Å². The van der Waals surface area contributed by atoms with Crippen LogP contribution in [0.15, 0.2) is 102 Å². The molecule has 1 aromatic heterocycles. The molecule has 7 nitrogen and oxygen atoms in total. The van der Waals surface area contributed by atoms with Crippen molar-refractivity contribution in [3.05, 3.63) is 126 Å². The SMILES string of the molecule is O=C(NCc1ccncc1)Nc1ccc(S(=O)(=O)N(Cc2ccc(F)cc2)Cc2ccc(F)cc2)cc1. The second-order valence-corrected chi connectivity index (χ2v) is 10.2. The minimum atomic E-state index is -4.00. The van der Waals surface area contributed by atoms with Crippen LogP contribution in [0.5, 0.6) is 0 Å². The monoisotopic (exact) mass is 522 g/mol. The fraction of sp³-hybridized carbons (Fsp3) is 0.111. The predicted octanol–water partition coefficient (Wildman–Crippen LogP) is 5.07. The van der Waals surface area contributed by atoms with Crippen molar-refractivity contribution in [3.63, 3.8) is 0 Å². The molecule has 10 heteroatoms. The number of sulfonamides is 1. The number of anilines is 1. The Balaban J connectivity index is 1.49. The minimum Gasteiger partial charge on any atom is -0.334 e. The number of pyridine rings is 1. The number of nitrogens with zero attached hydrogens (tertiary/aromatic N) is 2. The minimum absolute atomic E-state index is 0.0134. The van der Waals surface area contributed by atoms with Crippen molar-refractivity contribution in [2.24, 2.45) is 0 Å². The van der Waals surface area contributed by atoms with Crippen LogP contribution >= 0.6 is 0 Å². The fourth-order valence-corrected chi connectivity index (χ4v) is 4.95. The van der Waals surface area contributed by atoms with Gasteiger partial charge in [0, 0.05) is 37.7 Å². The van der Waals surface area contributed by atoms with Gasteiger partial charge in [0.1, 0.15) is 11.6 Å². The summed E-state index contributed by atoms with van der Waals surface area (Å²) in [5, 5.41) is 5.38. The molecule has 3 aromatic carbocycles. The number of rotatable bonds is 9. The van der Waals surface area contributed by atoms with E-state index in [1.165, 1.54) is 77.1 Å². The van der Waals surface area contributed by atoms with Gasteiger partial charge in [-0.2, -0.15) is 4.31 Å². The van der Waals surface area contributed by atoms with Crippen LogP contribution in [0.1, 0.15) is 16.7 Å². The number of benzene rings is 3. The number of nitrogens with one attached hydrogen (secondary N) is 2. The molecule has 0 spiro atoms. The van der Waals surface area contributed by atoms with Gasteiger partial charge in [-0.1, -0.05) is 24.3 Å². The average molecular weight is 523 g/mol. The highest BCUT2D eigenvalue weighted by molar-refractivity contribution is 7.89. The number of carbonyl (C=O) groups is 1. The van der Waals surface area contributed by atoms with Crippen LogP contribution in [-0.4, -0.2) is 23.7 Å². The second kappa shape index (κ2) is 11.7. The van der Waals surface area contributed by atoms with Crippen molar-refractivity contribution < 1.29 is 22.0 Å². The van der Waals surface area contributed by atoms with Gasteiger partial charge < -0.3 is 10.6 Å². The summed E-state index contributed by atoms with van der Waals surface area (Å²) in [6.45, 7) is 0.275. The number of hydrogen-bond acceptors (Lipinski definition) is 4. The molecule has 0 fully saturated rings. The summed E-state index contributed by atoms with van der Waals surface area (Å²) in [7, 11) is -4.00. The second-order valence-electron chi connectivity index (χ2n) is 8.21. The molecule has 0 unspecified atom stereocenters. The third-order valence-corrected chi connectivity index (χ3v) is 7.30. The first kappa shape index (κ1) is 25.9. The van der Waals surface area contributed by atoms with Gasteiger partial charge in [0.2, 0.25) is 10.0 Å². The van der Waals surface area contributed by atoms with Gasteiger partial charge in [-0.15, -0.1) is 0 Å². The van der Waals surface area contributed by atoms with Crippen molar-refractivity contribution in [3.8, 4) is 0 Å². The highest BCUT2D eigenvalue weighted by atomic mass is 32.2. The number of amides is 2. The molecule has 4 rings (SSSR count). The average Bonchev–Trinajstić information content (AvgIpc) is 2.90. The van der Waals surface area contributed by atoms with E-state index >= 15 is 0 Å². The van der Waals surface area contributed by atoms with Crippen LogP contribution in [0.4, 0.5) is 19.3 Å². The highest BCUT2D eigenvalue weighted by Gasteiger charge is 2.25. The Labute approximate surface area is 213 Å². The summed E-state index contributed by atoms with van der Waals surface area (Å²) in [5.74, 6) is -0.853. The fourth-order valence-electron chi connectivity index (χ4n) is 3.53. The van der Waals surface area contributed by atoms with E-state index in [1.54, 1.807) is 24.5 Å². The first-order valence-electron chi connectivity index (χ1n) is 11.3. The lowest BCUT2D eigenvalue weighted by Crippen LogP contribution is -2.30. The van der Waals surface area contributed by atoms with Gasteiger partial charge in [0.25, 0.3) is 0 Å². The van der Waals surface area contributed by atoms with E-state index in [0.717, 1.165) is 5.56 Å². The third kappa shape index (κ3) is 7.18. The van der Waals surface area contributed by atoms with Crippen LogP contribution < -0.4 is 10.6 Å². The molecule has 0 aliphatic carbocycles. The quantitative estimate of drug-likeness (QED) is 0.321. The van der Waals surface area contributed by atoms with Crippen LogP contribution in [0.2, 0.25) is 0 Å². The predicted molar refractivity (Wildman–Crippen MR) is 136 cm³/mol. The zero-order valence-electron chi connectivity index (χ0n) is 19.6. The van der Waals surface area contributed by atoms with Gasteiger partial charge in [-0.05, 0) is 77.4 Å². The highest BCUT2D eigenvalue weighted by Crippen LogP contribution is 2.23. The van der Waals surface area contributed by atoms with Crippen molar-refractivity contribution in [2.75, 3.05) is 5.32 Å². The number of halogens is 2. The molecule has 2 N–H and O–H groups in total. The van der Waals surface area contributed by atoms with Gasteiger partial charge in [0.15, 0.2) is 0 Å². The lowest BCUT2D eigenvalue weighted by Gasteiger charge is -2.23. The molecule has 4 aromatic rings. The van der Waals surface area contributed by atoms with Crippen molar-refractivity contribution in [1.82, 2.24) is 14.6 Å². The zero-order chi connectivity index (χ0) is 26.3. The molecule has 0 aliphatic heterocycles. The number of urea groups is 1. The summed E-state index contributed by atoms with van der Waals surface area (Å²) < 4.78 is 55.0. The third-order valence-electron chi connectivity index (χ3n) is 5.50. The summed E-state index contributed by atoms with van der Waals surface area (Å²) in [5.41, 5.74) is 2.48. The molecule has 0 bridgehead atoms. The van der Waals surface area contributed by atoms with E-state index in [1.807, 2.05) is 0 Å². The summed E-state index contributed by atoms with van der Waals surface area (Å²) in [6.07, 6.45) is 3.26. The standard InChI is InChI=1S/C27H24F2N4O3S/c28-23-5-1-21(2-6-23)18-33(19-22-3-7-24(29)8-4-22)37(35,36)26-11-9-25(10-12-26)32-27(34)31-17-20-13-15-30-16-14-20/h1-16H,17-19H2,(H2,31,32,34). The lowest BCUT2D eigenvalue weighted by atomic mass is 10.2. The Kier molecular flexibility index (Phi) is 8.22. The van der Waals surface area contributed by atoms with E-state index < -0.39 is 27.7 Å². The summed E-state index contributed by atoms with van der Waals surface area (Å²) in [4.78, 5) is 16.1. The molecule has 37 heavy (non-hydrogen) atoms. The Hall–Kier alpha value is -4.15. The molecule has 0 saturated heterocycles. The largest absolute Gasteiger partial charge is 0.334 e. The Morgan fingerprint density at radius 1 is 0.730 bits per heavy atom. The lowest BCUT2D eigenvalue weighted by molar-refractivity contribution is 0.251. The summed E-state index contributed by atoms with van der Waals surface area (Å²) >= 11 is 0. The first-order chi connectivity index (χ1) is 17.8. The Morgan fingerprint density at radius 3 is 1.76 bits per heavy atom. The molecule has 0 aliphatic rings. The Morgan fingerprint density at radius 2 is 1.24 bits per heavy atom. The van der Waals surface area contributed by atoms with E-state index in [2.05, 4.69) is 15.6 Å². The normalized spacial score (nSPS) is 11.3. The number of aromatic nitrogens is 1. The van der Waals surface area contributed by atoms with Gasteiger partial charge in [-0.3, -0.25) is 4.98 Å². The van der Waals surface area contributed by atoms with Crippen molar-refractivity contribution >= 4 is 21.7 Å². The molecule has 0 saturated carbocycles. The Bertz CT molecular complexity index is 1380.